The number of carbonyl (C=O) groups excluding carboxylic acids is 1. The van der Waals surface area contributed by atoms with Crippen molar-refractivity contribution in [2.75, 3.05) is 19.8 Å². The Bertz CT molecular complexity index is 600. The molecule has 1 aromatic heterocycles. The van der Waals surface area contributed by atoms with Crippen molar-refractivity contribution < 1.29 is 19.0 Å². The molecule has 0 bridgehead atoms. The molecule has 0 amide bonds. The van der Waals surface area contributed by atoms with Crippen LogP contribution in [0, 0.1) is 5.41 Å². The van der Waals surface area contributed by atoms with E-state index < -0.39 is 11.2 Å². The molecular weight excluding hydrogens is 296 g/mol. The van der Waals surface area contributed by atoms with Crippen molar-refractivity contribution in [3.05, 3.63) is 30.1 Å². The average Bonchev–Trinajstić information content (AvgIpc) is 3.11. The Kier molecular flexibility index (Phi) is 4.29. The predicted octanol–water partition coefficient (Wildman–Crippen LogP) is 1.87. The Labute approximate surface area is 136 Å². The molecule has 0 N–H and O–H groups in total. The molecular formula is C17H24N2O4. The van der Waals surface area contributed by atoms with Crippen LogP contribution in [0.1, 0.15) is 31.5 Å². The smallest absolute Gasteiger partial charge is 0.313 e. The van der Waals surface area contributed by atoms with Gasteiger partial charge >= 0.3 is 5.97 Å². The fraction of sp³-hybridized carbons (Fsp3) is 0.647. The second-order valence-electron chi connectivity index (χ2n) is 6.85. The van der Waals surface area contributed by atoms with Gasteiger partial charge in [0.25, 0.3) is 0 Å². The number of aromatic nitrogens is 2. The standard InChI is InChI=1S/C17H24N2O4/c1-4-7-21-15(20)16(2,3)12-19-11-13-10-17(22-8-9-23-17)6-5-14(13)18-19/h4,11H,1,5-10,12H2,2-3H3. The van der Waals surface area contributed by atoms with E-state index in [2.05, 4.69) is 11.7 Å². The Balaban J connectivity index is 1.70. The summed E-state index contributed by atoms with van der Waals surface area (Å²) in [6.07, 6.45) is 5.97. The molecule has 0 aromatic carbocycles. The van der Waals surface area contributed by atoms with E-state index in [1.54, 1.807) is 6.08 Å². The van der Waals surface area contributed by atoms with Crippen LogP contribution in [-0.2, 0) is 38.4 Å². The number of fused-ring (bicyclic) bond motifs is 1. The van der Waals surface area contributed by atoms with Gasteiger partial charge in [-0.25, -0.2) is 0 Å². The Hall–Kier alpha value is -1.66. The van der Waals surface area contributed by atoms with Gasteiger partial charge in [0.1, 0.15) is 6.61 Å². The van der Waals surface area contributed by atoms with Crippen LogP contribution in [0.4, 0.5) is 0 Å². The zero-order valence-corrected chi connectivity index (χ0v) is 13.8. The van der Waals surface area contributed by atoms with Crippen molar-refractivity contribution in [2.45, 2.75) is 45.4 Å². The number of ether oxygens (including phenoxy) is 3. The molecule has 1 aromatic rings. The molecule has 126 valence electrons. The first-order valence-corrected chi connectivity index (χ1v) is 8.05. The Morgan fingerprint density at radius 1 is 1.52 bits per heavy atom. The van der Waals surface area contributed by atoms with Crippen LogP contribution in [-0.4, -0.2) is 41.4 Å². The molecule has 0 radical (unpaired) electrons. The molecule has 6 nitrogen and oxygen atoms in total. The summed E-state index contributed by atoms with van der Waals surface area (Å²) < 4.78 is 18.6. The third-order valence-corrected chi connectivity index (χ3v) is 4.38. The van der Waals surface area contributed by atoms with Gasteiger partial charge in [0.05, 0.1) is 30.9 Å². The lowest BCUT2D eigenvalue weighted by atomic mass is 9.92. The minimum absolute atomic E-state index is 0.231. The van der Waals surface area contributed by atoms with E-state index >= 15 is 0 Å². The first kappa shape index (κ1) is 16.2. The van der Waals surface area contributed by atoms with Crippen molar-refractivity contribution in [3.8, 4) is 0 Å². The van der Waals surface area contributed by atoms with Crippen LogP contribution in [0.15, 0.2) is 18.9 Å². The fourth-order valence-corrected chi connectivity index (χ4v) is 3.17. The van der Waals surface area contributed by atoms with E-state index in [1.165, 1.54) is 0 Å². The van der Waals surface area contributed by atoms with Crippen LogP contribution in [0.3, 0.4) is 0 Å². The second-order valence-corrected chi connectivity index (χ2v) is 6.85. The first-order valence-electron chi connectivity index (χ1n) is 8.05. The van der Waals surface area contributed by atoms with Gasteiger partial charge in [0.2, 0.25) is 0 Å². The highest BCUT2D eigenvalue weighted by Gasteiger charge is 2.41. The molecule has 6 heteroatoms. The lowest BCUT2D eigenvalue weighted by Crippen LogP contribution is -2.36. The summed E-state index contributed by atoms with van der Waals surface area (Å²) in [6, 6.07) is 0. The number of carbonyl (C=O) groups is 1. The summed E-state index contributed by atoms with van der Waals surface area (Å²) in [5.41, 5.74) is 1.58. The van der Waals surface area contributed by atoms with Crippen LogP contribution >= 0.6 is 0 Å². The largest absolute Gasteiger partial charge is 0.461 e. The average molecular weight is 320 g/mol. The molecule has 1 aliphatic carbocycles. The molecule has 0 unspecified atom stereocenters. The molecule has 23 heavy (non-hydrogen) atoms. The summed E-state index contributed by atoms with van der Waals surface area (Å²) >= 11 is 0. The van der Waals surface area contributed by atoms with Gasteiger partial charge in [0, 0.05) is 19.0 Å². The maximum Gasteiger partial charge on any atom is 0.313 e. The highest BCUT2D eigenvalue weighted by atomic mass is 16.7. The van der Waals surface area contributed by atoms with Crippen LogP contribution in [0.5, 0.6) is 0 Å². The molecule has 1 aliphatic heterocycles. The van der Waals surface area contributed by atoms with Crippen molar-refractivity contribution in [1.82, 2.24) is 9.78 Å². The van der Waals surface area contributed by atoms with Gasteiger partial charge < -0.3 is 14.2 Å². The van der Waals surface area contributed by atoms with Crippen molar-refractivity contribution in [3.63, 3.8) is 0 Å². The molecule has 0 saturated carbocycles. The van der Waals surface area contributed by atoms with Gasteiger partial charge in [-0.3, -0.25) is 9.48 Å². The summed E-state index contributed by atoms with van der Waals surface area (Å²) in [5.74, 6) is -0.705. The maximum atomic E-state index is 12.1. The highest BCUT2D eigenvalue weighted by Crippen LogP contribution is 2.35. The normalized spacial score (nSPS) is 19.6. The summed E-state index contributed by atoms with van der Waals surface area (Å²) in [4.78, 5) is 12.1. The third-order valence-electron chi connectivity index (χ3n) is 4.38. The van der Waals surface area contributed by atoms with E-state index in [-0.39, 0.29) is 12.6 Å². The number of esters is 1. The van der Waals surface area contributed by atoms with Gasteiger partial charge in [-0.05, 0) is 25.8 Å². The summed E-state index contributed by atoms with van der Waals surface area (Å²) in [6.45, 7) is 9.31. The Morgan fingerprint density at radius 3 is 2.96 bits per heavy atom. The lowest BCUT2D eigenvalue weighted by Gasteiger charge is -2.30. The molecule has 2 heterocycles. The minimum Gasteiger partial charge on any atom is -0.461 e. The van der Waals surface area contributed by atoms with E-state index in [1.807, 2.05) is 24.7 Å². The minimum atomic E-state index is -0.643. The van der Waals surface area contributed by atoms with E-state index in [4.69, 9.17) is 14.2 Å². The van der Waals surface area contributed by atoms with Gasteiger partial charge in [0.15, 0.2) is 5.79 Å². The molecule has 0 atom stereocenters. The third kappa shape index (κ3) is 3.33. The van der Waals surface area contributed by atoms with Crippen LogP contribution < -0.4 is 0 Å². The van der Waals surface area contributed by atoms with Crippen LogP contribution in [0.2, 0.25) is 0 Å². The quantitative estimate of drug-likeness (QED) is 0.612. The zero-order chi connectivity index (χ0) is 16.5. The second kappa shape index (κ2) is 6.09. The summed E-state index contributed by atoms with van der Waals surface area (Å²) in [7, 11) is 0. The zero-order valence-electron chi connectivity index (χ0n) is 13.8. The van der Waals surface area contributed by atoms with Gasteiger partial charge in [-0.15, -0.1) is 0 Å². The molecule has 1 saturated heterocycles. The van der Waals surface area contributed by atoms with Crippen LogP contribution in [0.25, 0.3) is 0 Å². The van der Waals surface area contributed by atoms with Crippen molar-refractivity contribution in [2.24, 2.45) is 5.41 Å². The van der Waals surface area contributed by atoms with E-state index in [0.29, 0.717) is 19.8 Å². The summed E-state index contributed by atoms with van der Waals surface area (Å²) in [5, 5.41) is 4.63. The maximum absolute atomic E-state index is 12.1. The van der Waals surface area contributed by atoms with E-state index in [9.17, 15) is 4.79 Å². The number of hydrogen-bond donors (Lipinski definition) is 0. The van der Waals surface area contributed by atoms with Gasteiger partial charge in [-0.1, -0.05) is 12.7 Å². The van der Waals surface area contributed by atoms with Crippen molar-refractivity contribution >= 4 is 5.97 Å². The molecule has 3 rings (SSSR count). The fourth-order valence-electron chi connectivity index (χ4n) is 3.17. The highest BCUT2D eigenvalue weighted by molar-refractivity contribution is 5.75. The van der Waals surface area contributed by atoms with E-state index in [0.717, 1.165) is 30.5 Å². The molecule has 1 fully saturated rings. The number of aryl methyl sites for hydroxylation is 1. The molecule has 1 spiro atoms. The lowest BCUT2D eigenvalue weighted by molar-refractivity contribution is -0.163. The molecule has 2 aliphatic rings. The topological polar surface area (TPSA) is 62.6 Å². The number of rotatable bonds is 5. The van der Waals surface area contributed by atoms with Crippen molar-refractivity contribution in [1.29, 1.82) is 0 Å². The Morgan fingerprint density at radius 2 is 2.26 bits per heavy atom. The number of hydrogen-bond acceptors (Lipinski definition) is 5. The SMILES string of the molecule is C=CCOC(=O)C(C)(C)Cn1cc2c(n1)CCC1(C2)OCCO1. The predicted molar refractivity (Wildman–Crippen MR) is 83.8 cm³/mol. The first-order chi connectivity index (χ1) is 10.9. The van der Waals surface area contributed by atoms with Gasteiger partial charge in [-0.2, -0.15) is 5.10 Å². The monoisotopic (exact) mass is 320 g/mol. The number of nitrogens with zero attached hydrogens (tertiary/aromatic N) is 2.